The Kier molecular flexibility index (Phi) is 4.45. The van der Waals surface area contributed by atoms with Gasteiger partial charge in [0, 0.05) is 22.9 Å². The predicted molar refractivity (Wildman–Crippen MR) is 73.6 cm³/mol. The molecule has 2 aromatic rings. The van der Waals surface area contributed by atoms with E-state index < -0.39 is 0 Å². The molecule has 0 aliphatic heterocycles. The Bertz CT molecular complexity index is 528. The maximum Gasteiger partial charge on any atom is 0.175 e. The summed E-state index contributed by atoms with van der Waals surface area (Å²) in [5.74, 6) is 0.311. The molecule has 0 N–H and O–H groups in total. The van der Waals surface area contributed by atoms with Crippen LogP contribution in [0.25, 0.3) is 0 Å². The lowest BCUT2D eigenvalue weighted by Gasteiger charge is -1.99. The fraction of sp³-hybridized carbons (Fsp3) is 0.0909. The summed E-state index contributed by atoms with van der Waals surface area (Å²) >= 11 is 14.3. The molecule has 0 saturated carbocycles. The largest absolute Gasteiger partial charge is 0.293 e. The third-order valence-corrected chi connectivity index (χ3v) is 4.43. The van der Waals surface area contributed by atoms with Crippen molar-refractivity contribution in [3.05, 3.63) is 44.8 Å². The van der Waals surface area contributed by atoms with Gasteiger partial charge in [0.15, 0.2) is 5.78 Å². The van der Waals surface area contributed by atoms with E-state index in [4.69, 9.17) is 23.2 Å². The molecule has 2 nitrogen and oxygen atoms in total. The highest BCUT2D eigenvalue weighted by Gasteiger charge is 2.14. The van der Waals surface area contributed by atoms with E-state index in [9.17, 15) is 4.79 Å². The van der Waals surface area contributed by atoms with E-state index in [0.29, 0.717) is 20.0 Å². The second-order valence-corrected chi connectivity index (χ2v) is 6.47. The number of Topliss-reactive ketones (excluding diaryl/α,β-unsaturated/α-hetero) is 1. The lowest BCUT2D eigenvalue weighted by molar-refractivity contribution is 0.102. The van der Waals surface area contributed by atoms with Gasteiger partial charge in [-0.05, 0) is 18.2 Å². The number of ketones is 1. The molecule has 0 unspecified atom stereocenters. The minimum Gasteiger partial charge on any atom is -0.293 e. The molecule has 2 rings (SSSR count). The van der Waals surface area contributed by atoms with Crippen molar-refractivity contribution < 1.29 is 4.79 Å². The number of pyridine rings is 1. The number of thioether (sulfide) groups is 1. The minimum absolute atomic E-state index is 0.0213. The van der Waals surface area contributed by atoms with Crippen molar-refractivity contribution in [2.24, 2.45) is 0 Å². The number of nitrogens with zero attached hydrogens (tertiary/aromatic N) is 1. The SMILES string of the molecule is O=C(CSc1cccnc1)c1cc(Cl)sc1Cl. The number of hydrogen-bond acceptors (Lipinski definition) is 4. The van der Waals surface area contributed by atoms with Gasteiger partial charge < -0.3 is 0 Å². The van der Waals surface area contributed by atoms with Gasteiger partial charge in [-0.15, -0.1) is 23.1 Å². The Morgan fingerprint density at radius 2 is 2.29 bits per heavy atom. The van der Waals surface area contributed by atoms with Gasteiger partial charge in [-0.2, -0.15) is 0 Å². The summed E-state index contributed by atoms with van der Waals surface area (Å²) in [5, 5.41) is 0. The van der Waals surface area contributed by atoms with Crippen LogP contribution in [0, 0.1) is 0 Å². The van der Waals surface area contributed by atoms with Crippen molar-refractivity contribution in [2.45, 2.75) is 4.90 Å². The third kappa shape index (κ3) is 3.45. The third-order valence-electron chi connectivity index (χ3n) is 1.96. The van der Waals surface area contributed by atoms with Crippen LogP contribution in [0.2, 0.25) is 8.67 Å². The second-order valence-electron chi connectivity index (χ2n) is 3.14. The van der Waals surface area contributed by atoms with Crippen LogP contribution in [-0.4, -0.2) is 16.5 Å². The van der Waals surface area contributed by atoms with Crippen LogP contribution >= 0.6 is 46.3 Å². The molecule has 6 heteroatoms. The number of carbonyl (C=O) groups is 1. The standard InChI is InChI=1S/C11H7Cl2NOS2/c12-10-4-8(11(13)17-10)9(15)6-16-7-2-1-3-14-5-7/h1-5H,6H2. The van der Waals surface area contributed by atoms with E-state index in [1.165, 1.54) is 23.1 Å². The Hall–Kier alpha value is -0.550. The van der Waals surface area contributed by atoms with Crippen LogP contribution < -0.4 is 0 Å². The molecule has 0 amide bonds. The van der Waals surface area contributed by atoms with E-state index in [2.05, 4.69) is 4.98 Å². The van der Waals surface area contributed by atoms with E-state index >= 15 is 0 Å². The fourth-order valence-electron chi connectivity index (χ4n) is 1.19. The van der Waals surface area contributed by atoms with Crippen LogP contribution in [0.1, 0.15) is 10.4 Å². The zero-order valence-electron chi connectivity index (χ0n) is 8.52. The number of carbonyl (C=O) groups excluding carboxylic acids is 1. The van der Waals surface area contributed by atoms with Crippen molar-refractivity contribution in [1.82, 2.24) is 4.98 Å². The monoisotopic (exact) mass is 303 g/mol. The summed E-state index contributed by atoms with van der Waals surface area (Å²) in [4.78, 5) is 16.8. The van der Waals surface area contributed by atoms with Crippen molar-refractivity contribution in [3.8, 4) is 0 Å². The Balaban J connectivity index is 2.01. The van der Waals surface area contributed by atoms with Gasteiger partial charge in [0.05, 0.1) is 10.1 Å². The minimum atomic E-state index is -0.0213. The number of halogens is 2. The van der Waals surface area contributed by atoms with E-state index in [0.717, 1.165) is 4.90 Å². The number of aromatic nitrogens is 1. The molecule has 17 heavy (non-hydrogen) atoms. The molecule has 2 aromatic heterocycles. The van der Waals surface area contributed by atoms with Crippen LogP contribution in [-0.2, 0) is 0 Å². The van der Waals surface area contributed by atoms with E-state index in [-0.39, 0.29) is 5.78 Å². The van der Waals surface area contributed by atoms with Crippen LogP contribution in [0.5, 0.6) is 0 Å². The van der Waals surface area contributed by atoms with Gasteiger partial charge >= 0.3 is 0 Å². The average molecular weight is 304 g/mol. The normalized spacial score (nSPS) is 10.5. The molecule has 0 aromatic carbocycles. The Morgan fingerprint density at radius 3 is 2.88 bits per heavy atom. The first-order valence-electron chi connectivity index (χ1n) is 4.67. The van der Waals surface area contributed by atoms with Crippen molar-refractivity contribution in [2.75, 3.05) is 5.75 Å². The molecule has 0 bridgehead atoms. The second kappa shape index (κ2) is 5.87. The predicted octanol–water partition coefficient (Wildman–Crippen LogP) is 4.42. The molecule has 0 spiro atoms. The smallest absolute Gasteiger partial charge is 0.175 e. The first-order valence-corrected chi connectivity index (χ1v) is 7.23. The van der Waals surface area contributed by atoms with Gasteiger partial charge in [-0.1, -0.05) is 23.2 Å². The number of hydrogen-bond donors (Lipinski definition) is 0. The maximum atomic E-state index is 11.9. The summed E-state index contributed by atoms with van der Waals surface area (Å²) in [6.07, 6.45) is 3.42. The number of rotatable bonds is 4. The van der Waals surface area contributed by atoms with Gasteiger partial charge in [-0.3, -0.25) is 9.78 Å². The molecule has 0 saturated heterocycles. The van der Waals surface area contributed by atoms with Crippen molar-refractivity contribution >= 4 is 52.1 Å². The molecular weight excluding hydrogens is 297 g/mol. The van der Waals surface area contributed by atoms with E-state index in [1.54, 1.807) is 18.5 Å². The van der Waals surface area contributed by atoms with Crippen LogP contribution in [0.4, 0.5) is 0 Å². The van der Waals surface area contributed by atoms with Gasteiger partial charge in [0.25, 0.3) is 0 Å². The van der Waals surface area contributed by atoms with Crippen LogP contribution in [0.3, 0.4) is 0 Å². The summed E-state index contributed by atoms with van der Waals surface area (Å²) in [6.45, 7) is 0. The average Bonchev–Trinajstić information content (AvgIpc) is 2.67. The highest BCUT2D eigenvalue weighted by atomic mass is 35.5. The maximum absolute atomic E-state index is 11.9. The van der Waals surface area contributed by atoms with Gasteiger partial charge in [0.2, 0.25) is 0 Å². The summed E-state index contributed by atoms with van der Waals surface area (Å²) < 4.78 is 0.983. The molecule has 0 aliphatic rings. The lowest BCUT2D eigenvalue weighted by atomic mass is 10.2. The van der Waals surface area contributed by atoms with E-state index in [1.807, 2.05) is 12.1 Å². The molecule has 0 aliphatic carbocycles. The zero-order valence-corrected chi connectivity index (χ0v) is 11.7. The highest BCUT2D eigenvalue weighted by Crippen LogP contribution is 2.32. The number of thiophene rings is 1. The molecular formula is C11H7Cl2NOS2. The zero-order chi connectivity index (χ0) is 12.3. The first-order chi connectivity index (χ1) is 8.16. The molecule has 0 fully saturated rings. The Labute approximate surface area is 117 Å². The van der Waals surface area contributed by atoms with Gasteiger partial charge in [-0.25, -0.2) is 0 Å². The Morgan fingerprint density at radius 1 is 1.47 bits per heavy atom. The summed E-state index contributed by atoms with van der Waals surface area (Å²) in [5.41, 5.74) is 0.498. The summed E-state index contributed by atoms with van der Waals surface area (Å²) in [7, 11) is 0. The van der Waals surface area contributed by atoms with Crippen LogP contribution in [0.15, 0.2) is 35.5 Å². The highest BCUT2D eigenvalue weighted by molar-refractivity contribution is 8.00. The van der Waals surface area contributed by atoms with Crippen molar-refractivity contribution in [3.63, 3.8) is 0 Å². The lowest BCUT2D eigenvalue weighted by Crippen LogP contribution is -2.01. The first kappa shape index (κ1) is 12.9. The fourth-order valence-corrected chi connectivity index (χ4v) is 3.45. The quantitative estimate of drug-likeness (QED) is 0.618. The van der Waals surface area contributed by atoms with Gasteiger partial charge in [0.1, 0.15) is 4.34 Å². The molecule has 0 atom stereocenters. The van der Waals surface area contributed by atoms with Crippen molar-refractivity contribution in [1.29, 1.82) is 0 Å². The molecule has 0 radical (unpaired) electrons. The molecule has 88 valence electrons. The topological polar surface area (TPSA) is 30.0 Å². The molecule has 2 heterocycles. The summed E-state index contributed by atoms with van der Waals surface area (Å²) in [6, 6.07) is 5.36.